The Labute approximate surface area is 211 Å². The molecule has 36 heavy (non-hydrogen) atoms. The summed E-state index contributed by atoms with van der Waals surface area (Å²) in [6.07, 6.45) is 2.63. The van der Waals surface area contributed by atoms with Gasteiger partial charge in [-0.3, -0.25) is 19.7 Å². The zero-order valence-electron chi connectivity index (χ0n) is 19.9. The number of likely N-dealkylation sites (tertiary alicyclic amines) is 1. The fraction of sp³-hybridized carbons (Fsp3) is 0.500. The number of amides is 1. The Bertz CT molecular complexity index is 1160. The number of carbonyl (C=O) groups is 2. The van der Waals surface area contributed by atoms with Crippen molar-refractivity contribution in [1.82, 2.24) is 14.7 Å². The Kier molecular flexibility index (Phi) is 7.21. The van der Waals surface area contributed by atoms with Gasteiger partial charge in [0.05, 0.1) is 17.4 Å². The third kappa shape index (κ3) is 5.02. The number of ether oxygens (including phenoxy) is 1. The van der Waals surface area contributed by atoms with E-state index in [-0.39, 0.29) is 47.0 Å². The lowest BCUT2D eigenvalue weighted by molar-refractivity contribution is -0.138. The molecule has 2 heterocycles. The van der Waals surface area contributed by atoms with Crippen LogP contribution in [0.15, 0.2) is 30.5 Å². The molecule has 1 aliphatic carbocycles. The number of hydrogen-bond donors (Lipinski definition) is 3. The first-order valence-electron chi connectivity index (χ1n) is 11.7. The molecule has 1 saturated carbocycles. The summed E-state index contributed by atoms with van der Waals surface area (Å²) < 4.78 is 32.2. The molecule has 4 rings (SSSR count). The number of piperidine rings is 1. The number of carboxylic acids is 1. The summed E-state index contributed by atoms with van der Waals surface area (Å²) in [5, 5.41) is 25.1. The van der Waals surface area contributed by atoms with Crippen LogP contribution in [0, 0.1) is 17.2 Å². The van der Waals surface area contributed by atoms with Crippen molar-refractivity contribution in [3.63, 3.8) is 0 Å². The molecular weight excluding hydrogens is 496 g/mol. The highest BCUT2D eigenvalue weighted by Gasteiger charge is 2.50. The molecular formula is C24H28ClF2N5O4. The van der Waals surface area contributed by atoms with E-state index in [9.17, 15) is 23.5 Å². The summed E-state index contributed by atoms with van der Waals surface area (Å²) in [4.78, 5) is 26.9. The molecule has 194 valence electrons. The summed E-state index contributed by atoms with van der Waals surface area (Å²) in [5.74, 6) is -2.13. The molecule has 1 aliphatic heterocycles. The molecule has 1 aromatic heterocycles. The lowest BCUT2D eigenvalue weighted by atomic mass is 9.85. The normalized spacial score (nSPS) is 20.9. The third-order valence-electron chi connectivity index (χ3n) is 6.89. The van der Waals surface area contributed by atoms with Crippen LogP contribution >= 0.6 is 11.6 Å². The van der Waals surface area contributed by atoms with Gasteiger partial charge in [0.2, 0.25) is 0 Å². The van der Waals surface area contributed by atoms with Crippen LogP contribution in [0.25, 0.3) is 0 Å². The molecule has 0 spiro atoms. The van der Waals surface area contributed by atoms with Crippen molar-refractivity contribution in [3.8, 4) is 5.75 Å². The highest BCUT2D eigenvalue weighted by atomic mass is 35.5. The maximum Gasteiger partial charge on any atom is 0.387 e. The van der Waals surface area contributed by atoms with Crippen LogP contribution in [-0.2, 0) is 15.1 Å². The number of carbonyl (C=O) groups excluding carboxylic acids is 1. The second-order valence-corrected chi connectivity index (χ2v) is 9.92. The van der Waals surface area contributed by atoms with Gasteiger partial charge in [-0.1, -0.05) is 25.4 Å². The highest BCUT2D eigenvalue weighted by molar-refractivity contribution is 6.30. The average molecular weight is 524 g/mol. The van der Waals surface area contributed by atoms with Gasteiger partial charge in [-0.15, -0.1) is 0 Å². The topological polar surface area (TPSA) is 121 Å². The molecule has 0 bridgehead atoms. The molecule has 12 heteroatoms. The Morgan fingerprint density at radius 1 is 1.25 bits per heavy atom. The minimum atomic E-state index is -3.10. The first-order chi connectivity index (χ1) is 17.0. The van der Waals surface area contributed by atoms with Crippen LogP contribution in [-0.4, -0.2) is 57.2 Å². The van der Waals surface area contributed by atoms with Crippen molar-refractivity contribution in [2.45, 2.75) is 51.2 Å². The number of hydrogen-bond acceptors (Lipinski definition) is 5. The van der Waals surface area contributed by atoms with Gasteiger partial charge >= 0.3 is 12.6 Å². The lowest BCUT2D eigenvalue weighted by Crippen LogP contribution is -2.55. The van der Waals surface area contributed by atoms with E-state index in [1.165, 1.54) is 18.2 Å². The fourth-order valence-electron chi connectivity index (χ4n) is 4.80. The third-order valence-corrected chi connectivity index (χ3v) is 7.12. The highest BCUT2D eigenvalue weighted by Crippen LogP contribution is 2.42. The van der Waals surface area contributed by atoms with E-state index in [1.807, 2.05) is 24.8 Å². The smallest absolute Gasteiger partial charge is 0.387 e. The van der Waals surface area contributed by atoms with Gasteiger partial charge in [-0.25, -0.2) is 0 Å². The van der Waals surface area contributed by atoms with Gasteiger partial charge in [0.1, 0.15) is 5.54 Å². The van der Waals surface area contributed by atoms with Crippen molar-refractivity contribution in [2.24, 2.45) is 11.8 Å². The number of alkyl halides is 2. The number of halogens is 3. The zero-order valence-corrected chi connectivity index (χ0v) is 20.6. The monoisotopic (exact) mass is 523 g/mol. The number of carboxylic acid groups (broad SMARTS) is 1. The number of benzene rings is 1. The predicted molar refractivity (Wildman–Crippen MR) is 129 cm³/mol. The van der Waals surface area contributed by atoms with Gasteiger partial charge in [0, 0.05) is 42.0 Å². The summed E-state index contributed by atoms with van der Waals surface area (Å²) in [6, 6.07) is 5.92. The minimum Gasteiger partial charge on any atom is -0.481 e. The quantitative estimate of drug-likeness (QED) is 0.348. The SMILES string of the molecule is CC(C)c1ccnn1C1(C(=O)Nc2ccc(Cl)cc2OC(F)F)CCN(C(=N)[C@@H]2C[C@@H]2C(=O)O)CC1. The number of aromatic nitrogens is 2. The molecule has 0 unspecified atom stereocenters. The van der Waals surface area contributed by atoms with Crippen LogP contribution in [0.5, 0.6) is 5.75 Å². The molecule has 9 nitrogen and oxygen atoms in total. The molecule has 1 aromatic carbocycles. The number of nitrogens with one attached hydrogen (secondary N) is 2. The summed E-state index contributed by atoms with van der Waals surface area (Å²) in [7, 11) is 0. The number of nitrogens with zero attached hydrogens (tertiary/aromatic N) is 3. The van der Waals surface area contributed by atoms with Crippen LogP contribution in [0.4, 0.5) is 14.5 Å². The van der Waals surface area contributed by atoms with Crippen molar-refractivity contribution in [2.75, 3.05) is 18.4 Å². The number of aliphatic carboxylic acids is 1. The predicted octanol–water partition coefficient (Wildman–Crippen LogP) is 4.39. The van der Waals surface area contributed by atoms with E-state index < -0.39 is 29.9 Å². The molecule has 2 atom stereocenters. The van der Waals surface area contributed by atoms with Crippen LogP contribution in [0.2, 0.25) is 5.02 Å². The molecule has 2 fully saturated rings. The Hall–Kier alpha value is -3.21. The number of rotatable bonds is 8. The molecule has 3 N–H and O–H groups in total. The van der Waals surface area contributed by atoms with E-state index in [0.29, 0.717) is 19.5 Å². The summed E-state index contributed by atoms with van der Waals surface area (Å²) in [6.45, 7) is 1.55. The molecule has 2 aliphatic rings. The fourth-order valence-corrected chi connectivity index (χ4v) is 4.96. The lowest BCUT2D eigenvalue weighted by Gasteiger charge is -2.42. The first-order valence-corrected chi connectivity index (χ1v) is 12.1. The molecule has 0 radical (unpaired) electrons. The molecule has 2 aromatic rings. The second-order valence-electron chi connectivity index (χ2n) is 9.49. The molecule has 1 amide bonds. The van der Waals surface area contributed by atoms with E-state index in [4.69, 9.17) is 17.0 Å². The van der Waals surface area contributed by atoms with Crippen LogP contribution in [0.3, 0.4) is 0 Å². The number of amidine groups is 1. The van der Waals surface area contributed by atoms with Crippen LogP contribution in [0.1, 0.15) is 44.7 Å². The van der Waals surface area contributed by atoms with Crippen molar-refractivity contribution in [1.29, 1.82) is 5.41 Å². The van der Waals surface area contributed by atoms with E-state index in [0.717, 1.165) is 5.69 Å². The van der Waals surface area contributed by atoms with Gasteiger partial charge in [-0.2, -0.15) is 13.9 Å². The van der Waals surface area contributed by atoms with E-state index >= 15 is 0 Å². The van der Waals surface area contributed by atoms with Crippen LogP contribution < -0.4 is 10.1 Å². The van der Waals surface area contributed by atoms with Crippen molar-refractivity contribution >= 4 is 35.0 Å². The maximum atomic E-state index is 13.9. The summed E-state index contributed by atoms with van der Waals surface area (Å²) in [5.41, 5.74) is -0.265. The van der Waals surface area contributed by atoms with Gasteiger partial charge in [-0.05, 0) is 43.4 Å². The first kappa shape index (κ1) is 25.9. The van der Waals surface area contributed by atoms with Gasteiger partial charge in [0.15, 0.2) is 5.75 Å². The molecule has 1 saturated heterocycles. The Balaban J connectivity index is 1.61. The largest absolute Gasteiger partial charge is 0.481 e. The second kappa shape index (κ2) is 10.0. The zero-order chi connectivity index (χ0) is 26.2. The maximum absolute atomic E-state index is 13.9. The van der Waals surface area contributed by atoms with E-state index in [1.54, 1.807) is 10.9 Å². The van der Waals surface area contributed by atoms with Gasteiger partial charge < -0.3 is 20.1 Å². The number of anilines is 1. The van der Waals surface area contributed by atoms with Gasteiger partial charge in [0.25, 0.3) is 5.91 Å². The minimum absolute atomic E-state index is 0.0554. The standard InChI is InChI=1S/C24H28ClF2N5O4/c1-13(2)18-5-8-29-32(18)24(6-9-31(10-7-24)20(28)15-12-16(15)21(33)34)22(35)30-17-4-3-14(25)11-19(17)36-23(26)27/h3-5,8,11,13,15-16,23,28H,6-7,9-10,12H2,1-2H3,(H,30,35)(H,33,34)/t15-,16+/m1/s1. The van der Waals surface area contributed by atoms with Crippen molar-refractivity contribution in [3.05, 3.63) is 41.2 Å². The summed E-state index contributed by atoms with van der Waals surface area (Å²) >= 11 is 5.94. The Morgan fingerprint density at radius 3 is 2.53 bits per heavy atom. The average Bonchev–Trinajstić information content (AvgIpc) is 3.47. The Morgan fingerprint density at radius 2 is 1.94 bits per heavy atom. The van der Waals surface area contributed by atoms with E-state index in [2.05, 4.69) is 15.2 Å². The van der Waals surface area contributed by atoms with Crippen molar-refractivity contribution < 1.29 is 28.2 Å².